The van der Waals surface area contributed by atoms with Crippen molar-refractivity contribution in [1.82, 2.24) is 0 Å². The van der Waals surface area contributed by atoms with E-state index in [2.05, 4.69) is 75.4 Å². The molecule has 0 bridgehead atoms. The van der Waals surface area contributed by atoms with E-state index in [9.17, 15) is 5.53 Å². The zero-order valence-electron chi connectivity index (χ0n) is 18.2. The lowest BCUT2D eigenvalue weighted by molar-refractivity contribution is -0.344. The number of nitrogens with zero attached hydrogens (tertiary/aromatic N) is 2. The Morgan fingerprint density at radius 1 is 0.690 bits per heavy atom. The van der Waals surface area contributed by atoms with Gasteiger partial charge < -0.3 is 5.53 Å². The topological polar surface area (TPSA) is 25.3 Å². The summed E-state index contributed by atoms with van der Waals surface area (Å²) in [5, 5.41) is 0. The molecule has 0 aliphatic carbocycles. The molecule has 2 aromatic rings. The van der Waals surface area contributed by atoms with Crippen LogP contribution in [0.15, 0.2) is 60.2 Å². The first-order chi connectivity index (χ1) is 14.1. The van der Waals surface area contributed by atoms with Gasteiger partial charge in [0.15, 0.2) is 0 Å². The van der Waals surface area contributed by atoms with Gasteiger partial charge in [0.25, 0.3) is 0 Å². The Kier molecular flexibility index (Phi) is 7.57. The maximum atomic E-state index is 10.9. The standard InChI is InChI=1S/C27H34N2/c1-4-6-8-10-22-12-16-24(17-13-22)26-20-21(3)27(29(26)28)25-18-14-23(15-19-25)11-9-7-5-2/h12-20H,4-11H2,1-3H3. The molecular weight excluding hydrogens is 352 g/mol. The number of rotatable bonds is 10. The van der Waals surface area contributed by atoms with Crippen molar-refractivity contribution in [2.75, 3.05) is 0 Å². The SMILES string of the molecule is CCCCCc1ccc(C2=CC(C)=C(c3ccc(CCCCC)cc3)[N+]2=[N-])cc1. The lowest BCUT2D eigenvalue weighted by atomic mass is 10.0. The summed E-state index contributed by atoms with van der Waals surface area (Å²) in [7, 11) is 0. The van der Waals surface area contributed by atoms with Crippen LogP contribution < -0.4 is 0 Å². The number of unbranched alkanes of at least 4 members (excludes halogenated alkanes) is 4. The van der Waals surface area contributed by atoms with Gasteiger partial charge in [0.1, 0.15) is 0 Å². The minimum absolute atomic E-state index is 0.852. The average molecular weight is 387 g/mol. The molecule has 2 nitrogen and oxygen atoms in total. The van der Waals surface area contributed by atoms with Gasteiger partial charge in [-0.2, -0.15) is 0 Å². The molecule has 152 valence electrons. The van der Waals surface area contributed by atoms with Crippen molar-refractivity contribution in [3.8, 4) is 0 Å². The highest BCUT2D eigenvalue weighted by molar-refractivity contribution is 5.77. The van der Waals surface area contributed by atoms with Crippen molar-refractivity contribution in [3.05, 3.63) is 88.0 Å². The second-order valence-electron chi connectivity index (χ2n) is 8.18. The molecule has 0 radical (unpaired) electrons. The molecule has 0 aromatic heterocycles. The maximum Gasteiger partial charge on any atom is 0.210 e. The van der Waals surface area contributed by atoms with E-state index in [1.807, 2.05) is 0 Å². The zero-order valence-corrected chi connectivity index (χ0v) is 18.2. The highest BCUT2D eigenvalue weighted by Gasteiger charge is 2.26. The molecule has 2 aromatic carbocycles. The van der Waals surface area contributed by atoms with E-state index < -0.39 is 0 Å². The summed E-state index contributed by atoms with van der Waals surface area (Å²) in [6.07, 6.45) is 11.9. The fourth-order valence-corrected chi connectivity index (χ4v) is 4.01. The summed E-state index contributed by atoms with van der Waals surface area (Å²) in [6, 6.07) is 17.3. The van der Waals surface area contributed by atoms with E-state index in [1.165, 1.54) is 54.3 Å². The van der Waals surface area contributed by atoms with Crippen LogP contribution in [-0.2, 0) is 12.8 Å². The third-order valence-electron chi connectivity index (χ3n) is 5.78. The Labute approximate surface area is 176 Å². The van der Waals surface area contributed by atoms with E-state index in [-0.39, 0.29) is 0 Å². The smallest absolute Gasteiger partial charge is 0.210 e. The number of aryl methyl sites for hydroxylation is 2. The summed E-state index contributed by atoms with van der Waals surface area (Å²) in [5.41, 5.74) is 18.6. The Bertz CT molecular complexity index is 883. The lowest BCUT2D eigenvalue weighted by Gasteiger charge is -2.10. The molecule has 1 aliphatic rings. The Balaban J connectivity index is 1.69. The fraction of sp³-hybridized carbons (Fsp3) is 0.407. The maximum absolute atomic E-state index is 10.9. The average Bonchev–Trinajstić information content (AvgIpc) is 3.04. The molecule has 0 unspecified atom stereocenters. The van der Waals surface area contributed by atoms with Gasteiger partial charge in [0, 0.05) is 22.8 Å². The molecule has 2 heteroatoms. The van der Waals surface area contributed by atoms with Gasteiger partial charge in [-0.15, -0.1) is 0 Å². The third-order valence-corrected chi connectivity index (χ3v) is 5.78. The molecular formula is C27H34N2. The zero-order chi connectivity index (χ0) is 20.6. The minimum atomic E-state index is 0.852. The van der Waals surface area contributed by atoms with Crippen LogP contribution in [0.5, 0.6) is 0 Å². The first-order valence-electron chi connectivity index (χ1n) is 11.2. The van der Waals surface area contributed by atoms with Gasteiger partial charge in [-0.05, 0) is 68.0 Å². The lowest BCUT2D eigenvalue weighted by Crippen LogP contribution is -2.02. The van der Waals surface area contributed by atoms with Gasteiger partial charge in [0.05, 0.1) is 0 Å². The molecule has 1 heterocycles. The van der Waals surface area contributed by atoms with E-state index in [1.54, 1.807) is 0 Å². The van der Waals surface area contributed by atoms with Crippen molar-refractivity contribution in [1.29, 1.82) is 0 Å². The molecule has 0 atom stereocenters. The number of benzene rings is 2. The normalized spacial score (nSPS) is 13.9. The van der Waals surface area contributed by atoms with Gasteiger partial charge >= 0.3 is 0 Å². The molecule has 0 N–H and O–H groups in total. The van der Waals surface area contributed by atoms with Crippen molar-refractivity contribution in [2.45, 2.75) is 72.1 Å². The molecule has 0 amide bonds. The van der Waals surface area contributed by atoms with E-state index in [0.29, 0.717) is 0 Å². The summed E-state index contributed by atoms with van der Waals surface area (Å²) >= 11 is 0. The second kappa shape index (κ2) is 10.3. The molecule has 0 fully saturated rings. The predicted octanol–water partition coefficient (Wildman–Crippen LogP) is 7.97. The van der Waals surface area contributed by atoms with Crippen molar-refractivity contribution in [3.63, 3.8) is 0 Å². The van der Waals surface area contributed by atoms with Crippen molar-refractivity contribution in [2.24, 2.45) is 0 Å². The van der Waals surface area contributed by atoms with E-state index in [4.69, 9.17) is 0 Å². The highest BCUT2D eigenvalue weighted by atomic mass is 15.2. The fourth-order valence-electron chi connectivity index (χ4n) is 4.01. The molecule has 1 aliphatic heterocycles. The third kappa shape index (κ3) is 5.32. The number of hydrogen-bond donors (Lipinski definition) is 0. The summed E-state index contributed by atoms with van der Waals surface area (Å²) in [4.78, 5) is 0. The number of hydrogen-bond acceptors (Lipinski definition) is 0. The van der Waals surface area contributed by atoms with Gasteiger partial charge in [-0.1, -0.05) is 63.8 Å². The van der Waals surface area contributed by atoms with Gasteiger partial charge in [-0.25, -0.2) is 4.70 Å². The van der Waals surface area contributed by atoms with Crippen molar-refractivity contribution >= 4 is 11.4 Å². The summed E-state index contributed by atoms with van der Waals surface area (Å²) in [6.45, 7) is 6.54. The van der Waals surface area contributed by atoms with Crippen molar-refractivity contribution < 1.29 is 4.70 Å². The largest absolute Gasteiger partial charge is 0.493 e. The van der Waals surface area contributed by atoms with Crippen LogP contribution in [0, 0.1) is 0 Å². The van der Waals surface area contributed by atoms with Crippen LogP contribution >= 0.6 is 0 Å². The highest BCUT2D eigenvalue weighted by Crippen LogP contribution is 2.35. The second-order valence-corrected chi connectivity index (χ2v) is 8.18. The molecule has 0 saturated heterocycles. The Hall–Kier alpha value is -2.48. The van der Waals surface area contributed by atoms with Gasteiger partial charge in [-0.3, -0.25) is 0 Å². The predicted molar refractivity (Wildman–Crippen MR) is 124 cm³/mol. The first-order valence-corrected chi connectivity index (χ1v) is 11.2. The minimum Gasteiger partial charge on any atom is -0.493 e. The first kappa shape index (κ1) is 21.2. The van der Waals surface area contributed by atoms with Crippen LogP contribution in [0.2, 0.25) is 0 Å². The van der Waals surface area contributed by atoms with E-state index in [0.717, 1.165) is 40.9 Å². The number of allylic oxidation sites excluding steroid dienone is 2. The molecule has 3 rings (SSSR count). The summed E-state index contributed by atoms with van der Waals surface area (Å²) < 4.78 is 1.35. The quantitative estimate of drug-likeness (QED) is 0.292. The van der Waals surface area contributed by atoms with Crippen LogP contribution in [0.3, 0.4) is 0 Å². The molecule has 0 spiro atoms. The van der Waals surface area contributed by atoms with E-state index >= 15 is 0 Å². The van der Waals surface area contributed by atoms with Crippen LogP contribution in [-0.4, -0.2) is 4.70 Å². The monoisotopic (exact) mass is 386 g/mol. The molecule has 0 saturated carbocycles. The summed E-state index contributed by atoms with van der Waals surface area (Å²) in [5.74, 6) is 0. The van der Waals surface area contributed by atoms with Gasteiger partial charge in [0.2, 0.25) is 11.4 Å². The molecule has 29 heavy (non-hydrogen) atoms. The van der Waals surface area contributed by atoms with Crippen LogP contribution in [0.25, 0.3) is 16.9 Å². The van der Waals surface area contributed by atoms with Crippen LogP contribution in [0.1, 0.15) is 81.5 Å². The van der Waals surface area contributed by atoms with Crippen LogP contribution in [0.4, 0.5) is 0 Å². The Morgan fingerprint density at radius 2 is 1.17 bits per heavy atom. The Morgan fingerprint density at radius 3 is 1.66 bits per heavy atom.